The van der Waals surface area contributed by atoms with E-state index in [4.69, 9.17) is 0 Å². The second kappa shape index (κ2) is 6.55. The summed E-state index contributed by atoms with van der Waals surface area (Å²) in [5.74, 6) is -0.178. The summed E-state index contributed by atoms with van der Waals surface area (Å²) in [5, 5.41) is 0. The lowest BCUT2D eigenvalue weighted by Crippen LogP contribution is -1.63. The Morgan fingerprint density at radius 2 is 1.27 bits per heavy atom. The highest BCUT2D eigenvalue weighted by atomic mass is 19.1. The Balaban J connectivity index is 0.000000151. The molecule has 0 atom stereocenters. The highest BCUT2D eigenvalue weighted by molar-refractivity contribution is 5.45. The van der Waals surface area contributed by atoms with Gasteiger partial charge in [-0.25, -0.2) is 4.39 Å². The molecule has 15 heavy (non-hydrogen) atoms. The summed E-state index contributed by atoms with van der Waals surface area (Å²) < 4.78 is 11.9. The van der Waals surface area contributed by atoms with E-state index in [1.807, 2.05) is 36.4 Å². The van der Waals surface area contributed by atoms with Crippen LogP contribution in [0.4, 0.5) is 4.39 Å². The molecule has 0 aromatic heterocycles. The molecule has 0 saturated heterocycles. The fraction of sp³-hybridized carbons (Fsp3) is 0. The van der Waals surface area contributed by atoms with Crippen LogP contribution in [0.15, 0.2) is 67.2 Å². The predicted octanol–water partition coefficient (Wildman–Crippen LogP) is 4.16. The van der Waals surface area contributed by atoms with E-state index in [-0.39, 0.29) is 5.82 Å². The van der Waals surface area contributed by atoms with Crippen molar-refractivity contribution in [2.45, 2.75) is 0 Å². The molecule has 0 N–H and O–H groups in total. The average Bonchev–Trinajstić information content (AvgIpc) is 2.32. The summed E-state index contributed by atoms with van der Waals surface area (Å²) in [4.78, 5) is 0. The Labute approximate surface area is 89.7 Å². The highest BCUT2D eigenvalue weighted by Crippen LogP contribution is 1.97. The largest absolute Gasteiger partial charge is 0.207 e. The van der Waals surface area contributed by atoms with Crippen molar-refractivity contribution < 1.29 is 4.39 Å². The van der Waals surface area contributed by atoms with Gasteiger partial charge < -0.3 is 0 Å². The molecule has 0 radical (unpaired) electrons. The first kappa shape index (κ1) is 11.2. The van der Waals surface area contributed by atoms with Crippen LogP contribution in [0.2, 0.25) is 0 Å². The molecule has 76 valence electrons. The minimum Gasteiger partial charge on any atom is -0.207 e. The van der Waals surface area contributed by atoms with Crippen LogP contribution in [-0.4, -0.2) is 0 Å². The molecule has 0 aliphatic rings. The van der Waals surface area contributed by atoms with Gasteiger partial charge >= 0.3 is 0 Å². The van der Waals surface area contributed by atoms with Crippen molar-refractivity contribution in [2.24, 2.45) is 0 Å². The molecule has 1 heteroatoms. The summed E-state index contributed by atoms with van der Waals surface area (Å²) >= 11 is 0. The van der Waals surface area contributed by atoms with Gasteiger partial charge in [-0.3, -0.25) is 0 Å². The van der Waals surface area contributed by atoms with Gasteiger partial charge in [-0.2, -0.15) is 0 Å². The van der Waals surface area contributed by atoms with E-state index in [0.29, 0.717) is 0 Å². The van der Waals surface area contributed by atoms with Crippen molar-refractivity contribution >= 4 is 6.08 Å². The van der Waals surface area contributed by atoms with Gasteiger partial charge in [-0.15, -0.1) is 0 Å². The second-order valence-corrected chi connectivity index (χ2v) is 2.91. The highest BCUT2D eigenvalue weighted by Gasteiger charge is 1.77. The zero-order valence-corrected chi connectivity index (χ0v) is 8.44. The van der Waals surface area contributed by atoms with Crippen LogP contribution in [0.25, 0.3) is 6.08 Å². The standard InChI is InChI=1S/C8H8.C6H5F/c1-2-8-6-4-3-5-7-8;7-6-4-2-1-3-5-6/h2-7H,1H2;1-5H. The fourth-order valence-electron chi connectivity index (χ4n) is 1.00. The first-order valence-electron chi connectivity index (χ1n) is 4.71. The molecule has 0 saturated carbocycles. The van der Waals surface area contributed by atoms with Crippen LogP contribution in [-0.2, 0) is 0 Å². The molecule has 0 aliphatic heterocycles. The third-order valence-corrected chi connectivity index (χ3v) is 1.77. The molecule has 0 bridgehead atoms. The second-order valence-electron chi connectivity index (χ2n) is 2.91. The van der Waals surface area contributed by atoms with Gasteiger partial charge in [0, 0.05) is 0 Å². The summed E-state index contributed by atoms with van der Waals surface area (Å²) in [6.07, 6.45) is 1.83. The summed E-state index contributed by atoms with van der Waals surface area (Å²) in [7, 11) is 0. The van der Waals surface area contributed by atoms with Gasteiger partial charge in [-0.1, -0.05) is 61.2 Å². The zero-order chi connectivity index (χ0) is 10.9. The van der Waals surface area contributed by atoms with E-state index in [9.17, 15) is 4.39 Å². The molecule has 0 unspecified atom stereocenters. The van der Waals surface area contributed by atoms with Crippen LogP contribution >= 0.6 is 0 Å². The van der Waals surface area contributed by atoms with Crippen molar-refractivity contribution in [3.8, 4) is 0 Å². The third-order valence-electron chi connectivity index (χ3n) is 1.77. The van der Waals surface area contributed by atoms with Crippen molar-refractivity contribution in [3.05, 3.63) is 78.6 Å². The van der Waals surface area contributed by atoms with Gasteiger partial charge in [0.15, 0.2) is 0 Å². The quantitative estimate of drug-likeness (QED) is 0.648. The predicted molar refractivity (Wildman–Crippen MR) is 62.9 cm³/mol. The lowest BCUT2D eigenvalue weighted by molar-refractivity contribution is 0.628. The third kappa shape index (κ3) is 4.77. The van der Waals surface area contributed by atoms with Crippen LogP contribution in [0.3, 0.4) is 0 Å². The molecule has 0 amide bonds. The number of benzene rings is 2. The van der Waals surface area contributed by atoms with Crippen molar-refractivity contribution in [1.82, 2.24) is 0 Å². The maximum atomic E-state index is 11.9. The van der Waals surface area contributed by atoms with E-state index in [1.165, 1.54) is 17.7 Å². The topological polar surface area (TPSA) is 0 Å². The number of hydrogen-bond acceptors (Lipinski definition) is 0. The van der Waals surface area contributed by atoms with Crippen molar-refractivity contribution in [2.75, 3.05) is 0 Å². The monoisotopic (exact) mass is 200 g/mol. The number of hydrogen-bond donors (Lipinski definition) is 0. The Kier molecular flexibility index (Phi) is 4.88. The molecule has 0 spiro atoms. The van der Waals surface area contributed by atoms with Gasteiger partial charge in [0.25, 0.3) is 0 Å². The normalized spacial score (nSPS) is 8.60. The van der Waals surface area contributed by atoms with E-state index in [0.717, 1.165) is 0 Å². The molecular formula is C14H13F. The van der Waals surface area contributed by atoms with Gasteiger partial charge in [-0.05, 0) is 17.7 Å². The number of halogens is 1. The minimum atomic E-state index is -0.178. The smallest absolute Gasteiger partial charge is 0.123 e. The first-order valence-corrected chi connectivity index (χ1v) is 4.71. The van der Waals surface area contributed by atoms with E-state index < -0.39 is 0 Å². The maximum absolute atomic E-state index is 11.9. The molecule has 2 aromatic carbocycles. The molecule has 0 fully saturated rings. The van der Waals surface area contributed by atoms with Gasteiger partial charge in [0.05, 0.1) is 0 Å². The lowest BCUT2D eigenvalue weighted by Gasteiger charge is -1.85. The fourth-order valence-corrected chi connectivity index (χ4v) is 1.00. The average molecular weight is 200 g/mol. The Hall–Kier alpha value is -1.89. The van der Waals surface area contributed by atoms with E-state index in [1.54, 1.807) is 18.2 Å². The molecule has 0 heterocycles. The molecule has 0 aliphatic carbocycles. The van der Waals surface area contributed by atoms with Crippen LogP contribution in [0.5, 0.6) is 0 Å². The molecule has 2 rings (SSSR count). The molecule has 2 aromatic rings. The van der Waals surface area contributed by atoms with Gasteiger partial charge in [0.1, 0.15) is 5.82 Å². The van der Waals surface area contributed by atoms with Gasteiger partial charge in [0.2, 0.25) is 0 Å². The van der Waals surface area contributed by atoms with Crippen LogP contribution in [0.1, 0.15) is 5.56 Å². The molecule has 0 nitrogen and oxygen atoms in total. The maximum Gasteiger partial charge on any atom is 0.123 e. The van der Waals surface area contributed by atoms with Crippen molar-refractivity contribution in [3.63, 3.8) is 0 Å². The lowest BCUT2D eigenvalue weighted by atomic mass is 10.2. The first-order chi connectivity index (χ1) is 7.33. The van der Waals surface area contributed by atoms with Crippen molar-refractivity contribution in [1.29, 1.82) is 0 Å². The van der Waals surface area contributed by atoms with Crippen LogP contribution < -0.4 is 0 Å². The minimum absolute atomic E-state index is 0.178. The molecular weight excluding hydrogens is 187 g/mol. The Morgan fingerprint density at radius 1 is 0.800 bits per heavy atom. The summed E-state index contributed by atoms with van der Waals surface area (Å²) in [6, 6.07) is 18.0. The Bertz CT molecular complexity index is 379. The SMILES string of the molecule is C=Cc1ccccc1.Fc1ccccc1. The van der Waals surface area contributed by atoms with E-state index >= 15 is 0 Å². The number of rotatable bonds is 1. The Morgan fingerprint density at radius 3 is 1.53 bits per heavy atom. The summed E-state index contributed by atoms with van der Waals surface area (Å²) in [5.41, 5.74) is 1.17. The van der Waals surface area contributed by atoms with E-state index in [2.05, 4.69) is 6.58 Å². The zero-order valence-electron chi connectivity index (χ0n) is 8.44. The summed E-state index contributed by atoms with van der Waals surface area (Å²) in [6.45, 7) is 3.63. The van der Waals surface area contributed by atoms with Crippen LogP contribution in [0, 0.1) is 5.82 Å².